The summed E-state index contributed by atoms with van der Waals surface area (Å²) in [6, 6.07) is 0.618. The van der Waals surface area contributed by atoms with Gasteiger partial charge in [-0.3, -0.25) is 0 Å². The molecule has 1 aromatic rings. The lowest BCUT2D eigenvalue weighted by molar-refractivity contribution is 0.0692. The van der Waals surface area contributed by atoms with Gasteiger partial charge in [-0.1, -0.05) is 20.3 Å². The Balaban J connectivity index is 2.90. The van der Waals surface area contributed by atoms with Gasteiger partial charge in [-0.2, -0.15) is 0 Å². The molecule has 0 radical (unpaired) electrons. The van der Waals surface area contributed by atoms with Gasteiger partial charge in [-0.05, 0) is 12.0 Å². The standard InChI is InChI=1S/C14H18F2N2O3/c1-4-8(2)7-18(3)14(21)17-12-5-9(13(19)20)10(15)6-11(12)16/h5-6,8H,4,7H2,1-3H3,(H,17,21)(H,19,20). The first-order valence-electron chi connectivity index (χ1n) is 6.50. The summed E-state index contributed by atoms with van der Waals surface area (Å²) in [4.78, 5) is 24.1. The molecule has 0 aliphatic carbocycles. The molecular weight excluding hydrogens is 282 g/mol. The first kappa shape index (κ1) is 16.9. The predicted octanol–water partition coefficient (Wildman–Crippen LogP) is 3.17. The van der Waals surface area contributed by atoms with Crippen LogP contribution in [-0.4, -0.2) is 35.6 Å². The fourth-order valence-electron chi connectivity index (χ4n) is 1.70. The summed E-state index contributed by atoms with van der Waals surface area (Å²) in [6.07, 6.45) is 0.881. The van der Waals surface area contributed by atoms with Crippen LogP contribution in [0.2, 0.25) is 0 Å². The fourth-order valence-corrected chi connectivity index (χ4v) is 1.70. The molecule has 0 saturated carbocycles. The lowest BCUT2D eigenvalue weighted by Crippen LogP contribution is -2.34. The van der Waals surface area contributed by atoms with E-state index in [0.29, 0.717) is 12.6 Å². The van der Waals surface area contributed by atoms with Crippen LogP contribution in [0.4, 0.5) is 19.3 Å². The number of carbonyl (C=O) groups excluding carboxylic acids is 1. The number of nitrogens with one attached hydrogen (secondary N) is 1. The molecule has 21 heavy (non-hydrogen) atoms. The number of rotatable bonds is 5. The number of benzene rings is 1. The summed E-state index contributed by atoms with van der Waals surface area (Å²) in [7, 11) is 1.54. The third kappa shape index (κ3) is 4.40. The molecule has 5 nitrogen and oxygen atoms in total. The van der Waals surface area contributed by atoms with E-state index in [2.05, 4.69) is 5.32 Å². The Morgan fingerprint density at radius 2 is 1.95 bits per heavy atom. The molecule has 2 amide bonds. The number of carboxylic acids is 1. The highest BCUT2D eigenvalue weighted by Crippen LogP contribution is 2.20. The molecule has 1 atom stereocenters. The van der Waals surface area contributed by atoms with Gasteiger partial charge in [-0.25, -0.2) is 18.4 Å². The number of hydrogen-bond acceptors (Lipinski definition) is 2. The summed E-state index contributed by atoms with van der Waals surface area (Å²) in [5.41, 5.74) is -1.06. The van der Waals surface area contributed by atoms with Crippen molar-refractivity contribution in [2.24, 2.45) is 5.92 Å². The van der Waals surface area contributed by atoms with E-state index in [9.17, 15) is 18.4 Å². The van der Waals surface area contributed by atoms with Crippen LogP contribution in [0, 0.1) is 17.6 Å². The third-order valence-corrected chi connectivity index (χ3v) is 3.16. The SMILES string of the molecule is CCC(C)CN(C)C(=O)Nc1cc(C(=O)O)c(F)cc1F. The molecule has 0 aromatic heterocycles. The highest BCUT2D eigenvalue weighted by molar-refractivity contribution is 5.93. The molecule has 0 fully saturated rings. The second-order valence-corrected chi connectivity index (χ2v) is 4.94. The van der Waals surface area contributed by atoms with Crippen molar-refractivity contribution in [3.63, 3.8) is 0 Å². The van der Waals surface area contributed by atoms with Crippen LogP contribution in [0.15, 0.2) is 12.1 Å². The van der Waals surface area contributed by atoms with E-state index in [-0.39, 0.29) is 11.6 Å². The van der Waals surface area contributed by atoms with E-state index in [1.54, 1.807) is 7.05 Å². The maximum Gasteiger partial charge on any atom is 0.338 e. The normalized spacial score (nSPS) is 11.9. The molecule has 0 aliphatic rings. The molecule has 0 saturated heterocycles. The Hall–Kier alpha value is -2.18. The molecule has 7 heteroatoms. The Kier molecular flexibility index (Phi) is 5.63. The summed E-state index contributed by atoms with van der Waals surface area (Å²) >= 11 is 0. The van der Waals surface area contributed by atoms with Crippen LogP contribution in [-0.2, 0) is 0 Å². The largest absolute Gasteiger partial charge is 0.478 e. The molecule has 116 valence electrons. The number of carbonyl (C=O) groups is 2. The first-order valence-corrected chi connectivity index (χ1v) is 6.50. The van der Waals surface area contributed by atoms with Crippen LogP contribution < -0.4 is 5.32 Å². The van der Waals surface area contributed by atoms with Gasteiger partial charge in [-0.15, -0.1) is 0 Å². The van der Waals surface area contributed by atoms with Gasteiger partial charge in [0.2, 0.25) is 0 Å². The number of anilines is 1. The van der Waals surface area contributed by atoms with Crippen molar-refractivity contribution in [2.45, 2.75) is 20.3 Å². The van der Waals surface area contributed by atoms with Gasteiger partial charge in [0.15, 0.2) is 0 Å². The summed E-state index contributed by atoms with van der Waals surface area (Å²) in [5, 5.41) is 11.0. The summed E-state index contributed by atoms with van der Waals surface area (Å²) in [6.45, 7) is 4.41. The molecular formula is C14H18F2N2O3. The topological polar surface area (TPSA) is 69.6 Å². The van der Waals surface area contributed by atoms with E-state index in [1.165, 1.54) is 4.90 Å². The second kappa shape index (κ2) is 7.01. The van der Waals surface area contributed by atoms with E-state index >= 15 is 0 Å². The fraction of sp³-hybridized carbons (Fsp3) is 0.429. The zero-order valence-electron chi connectivity index (χ0n) is 12.1. The summed E-state index contributed by atoms with van der Waals surface area (Å²) < 4.78 is 26.8. The van der Waals surface area contributed by atoms with Crippen molar-refractivity contribution in [2.75, 3.05) is 18.9 Å². The highest BCUT2D eigenvalue weighted by atomic mass is 19.1. The van der Waals surface area contributed by atoms with Crippen LogP contribution in [0.3, 0.4) is 0 Å². The molecule has 1 unspecified atom stereocenters. The van der Waals surface area contributed by atoms with Crippen molar-refractivity contribution < 1.29 is 23.5 Å². The average Bonchev–Trinajstić information content (AvgIpc) is 2.40. The Labute approximate surface area is 121 Å². The molecule has 0 heterocycles. The van der Waals surface area contributed by atoms with E-state index < -0.39 is 29.2 Å². The molecule has 0 bridgehead atoms. The lowest BCUT2D eigenvalue weighted by atomic mass is 10.1. The van der Waals surface area contributed by atoms with Crippen molar-refractivity contribution in [3.05, 3.63) is 29.3 Å². The van der Waals surface area contributed by atoms with Crippen molar-refractivity contribution in [1.29, 1.82) is 0 Å². The van der Waals surface area contributed by atoms with Gasteiger partial charge in [0, 0.05) is 19.7 Å². The Bertz CT molecular complexity index is 549. The molecule has 0 aliphatic heterocycles. The number of nitrogens with zero attached hydrogens (tertiary/aromatic N) is 1. The highest BCUT2D eigenvalue weighted by Gasteiger charge is 2.18. The number of aromatic carboxylic acids is 1. The van der Waals surface area contributed by atoms with Gasteiger partial charge in [0.05, 0.1) is 11.3 Å². The molecule has 0 spiro atoms. The van der Waals surface area contributed by atoms with Crippen LogP contribution in [0.1, 0.15) is 30.6 Å². The Morgan fingerprint density at radius 1 is 1.33 bits per heavy atom. The van der Waals surface area contributed by atoms with Crippen molar-refractivity contribution in [1.82, 2.24) is 4.90 Å². The number of carboxylic acid groups (broad SMARTS) is 1. The van der Waals surface area contributed by atoms with Gasteiger partial charge >= 0.3 is 12.0 Å². The lowest BCUT2D eigenvalue weighted by Gasteiger charge is -2.21. The third-order valence-electron chi connectivity index (χ3n) is 3.16. The van der Waals surface area contributed by atoms with E-state index in [4.69, 9.17) is 5.11 Å². The van der Waals surface area contributed by atoms with Gasteiger partial charge < -0.3 is 15.3 Å². The Morgan fingerprint density at radius 3 is 2.48 bits per heavy atom. The first-order chi connectivity index (χ1) is 9.76. The quantitative estimate of drug-likeness (QED) is 0.877. The predicted molar refractivity (Wildman–Crippen MR) is 74.4 cm³/mol. The molecule has 2 N–H and O–H groups in total. The maximum atomic E-state index is 13.6. The number of halogens is 2. The zero-order chi connectivity index (χ0) is 16.2. The summed E-state index contributed by atoms with van der Waals surface area (Å²) in [5.74, 6) is -3.47. The van der Waals surface area contributed by atoms with Crippen LogP contribution in [0.25, 0.3) is 0 Å². The molecule has 1 aromatic carbocycles. The second-order valence-electron chi connectivity index (χ2n) is 4.94. The van der Waals surface area contributed by atoms with Crippen LogP contribution >= 0.6 is 0 Å². The van der Waals surface area contributed by atoms with Gasteiger partial charge in [0.1, 0.15) is 11.6 Å². The van der Waals surface area contributed by atoms with Gasteiger partial charge in [0.25, 0.3) is 0 Å². The molecule has 1 rings (SSSR count). The minimum absolute atomic E-state index is 0.272. The minimum Gasteiger partial charge on any atom is -0.478 e. The number of hydrogen-bond donors (Lipinski definition) is 2. The van der Waals surface area contributed by atoms with Crippen molar-refractivity contribution >= 4 is 17.7 Å². The minimum atomic E-state index is -1.53. The van der Waals surface area contributed by atoms with Crippen LogP contribution in [0.5, 0.6) is 0 Å². The number of amides is 2. The van der Waals surface area contributed by atoms with E-state index in [0.717, 1.165) is 12.5 Å². The van der Waals surface area contributed by atoms with E-state index in [1.807, 2.05) is 13.8 Å². The maximum absolute atomic E-state index is 13.6. The smallest absolute Gasteiger partial charge is 0.338 e. The number of urea groups is 1. The monoisotopic (exact) mass is 300 g/mol. The van der Waals surface area contributed by atoms with Crippen molar-refractivity contribution in [3.8, 4) is 0 Å². The zero-order valence-corrected chi connectivity index (χ0v) is 12.1. The average molecular weight is 300 g/mol.